The van der Waals surface area contributed by atoms with Gasteiger partial charge in [0.2, 0.25) is 0 Å². The molecule has 0 saturated carbocycles. The van der Waals surface area contributed by atoms with Crippen LogP contribution in [0.15, 0.2) is 56.5 Å². The first-order valence-electron chi connectivity index (χ1n) is 10.2. The lowest BCUT2D eigenvalue weighted by Gasteiger charge is -2.35. The Morgan fingerprint density at radius 3 is 2.61 bits per heavy atom. The van der Waals surface area contributed by atoms with Gasteiger partial charge in [0.25, 0.3) is 0 Å². The number of piperidine rings is 1. The molecule has 0 amide bonds. The molecule has 0 spiro atoms. The van der Waals surface area contributed by atoms with Crippen molar-refractivity contribution in [3.05, 3.63) is 58.5 Å². The molecule has 1 aromatic carbocycles. The van der Waals surface area contributed by atoms with Gasteiger partial charge < -0.3 is 20.0 Å². The van der Waals surface area contributed by atoms with Crippen molar-refractivity contribution in [1.82, 2.24) is 15.5 Å². The summed E-state index contributed by atoms with van der Waals surface area (Å²) in [7, 11) is 0. The number of nitrogens with one attached hydrogen (secondary N) is 2. The SMILES string of the molecule is CC(C)N1CCC(NC(=NCc2ccc(Br)cc2)NCCc2ccco2)CC1. The molecule has 1 fully saturated rings. The van der Waals surface area contributed by atoms with E-state index in [1.165, 1.54) is 5.56 Å². The summed E-state index contributed by atoms with van der Waals surface area (Å²) in [6.45, 7) is 8.28. The molecule has 1 aliphatic rings. The molecule has 0 atom stereocenters. The molecule has 6 heteroatoms. The predicted octanol–water partition coefficient (Wildman–Crippen LogP) is 4.19. The Hall–Kier alpha value is -1.79. The van der Waals surface area contributed by atoms with Crippen LogP contribution in [-0.2, 0) is 13.0 Å². The molecule has 2 N–H and O–H groups in total. The highest BCUT2D eigenvalue weighted by molar-refractivity contribution is 9.10. The first-order chi connectivity index (χ1) is 13.6. The van der Waals surface area contributed by atoms with E-state index >= 15 is 0 Å². The molecule has 152 valence electrons. The van der Waals surface area contributed by atoms with Gasteiger partial charge in [-0.2, -0.15) is 0 Å². The zero-order chi connectivity index (χ0) is 19.8. The third kappa shape index (κ3) is 6.67. The highest BCUT2D eigenvalue weighted by Crippen LogP contribution is 2.14. The van der Waals surface area contributed by atoms with Gasteiger partial charge in [0, 0.05) is 42.6 Å². The van der Waals surface area contributed by atoms with Crippen molar-refractivity contribution in [3.63, 3.8) is 0 Å². The summed E-state index contributed by atoms with van der Waals surface area (Å²) >= 11 is 3.49. The van der Waals surface area contributed by atoms with Crippen LogP contribution in [0.4, 0.5) is 0 Å². The Labute approximate surface area is 176 Å². The number of aliphatic imine (C=N–C) groups is 1. The fourth-order valence-electron chi connectivity index (χ4n) is 3.43. The van der Waals surface area contributed by atoms with Gasteiger partial charge in [-0.25, -0.2) is 4.99 Å². The number of furan rings is 1. The van der Waals surface area contributed by atoms with E-state index in [1.807, 2.05) is 12.1 Å². The van der Waals surface area contributed by atoms with E-state index in [-0.39, 0.29) is 0 Å². The molecule has 28 heavy (non-hydrogen) atoms. The summed E-state index contributed by atoms with van der Waals surface area (Å²) in [4.78, 5) is 7.37. The highest BCUT2D eigenvalue weighted by atomic mass is 79.9. The zero-order valence-corrected chi connectivity index (χ0v) is 18.4. The fraction of sp³-hybridized carbons (Fsp3) is 0.500. The maximum atomic E-state index is 5.43. The minimum atomic E-state index is 0.467. The average Bonchev–Trinajstić information content (AvgIpc) is 3.21. The van der Waals surface area contributed by atoms with Gasteiger partial charge in [0.15, 0.2) is 5.96 Å². The summed E-state index contributed by atoms with van der Waals surface area (Å²) in [5, 5.41) is 7.13. The van der Waals surface area contributed by atoms with Gasteiger partial charge in [-0.3, -0.25) is 0 Å². The summed E-state index contributed by atoms with van der Waals surface area (Å²) in [5.74, 6) is 1.88. The Balaban J connectivity index is 1.56. The quantitative estimate of drug-likeness (QED) is 0.494. The van der Waals surface area contributed by atoms with Crippen LogP contribution in [0.5, 0.6) is 0 Å². The van der Waals surface area contributed by atoms with Gasteiger partial charge in [-0.05, 0) is 56.5 Å². The second-order valence-electron chi connectivity index (χ2n) is 7.60. The first kappa shape index (κ1) is 20.9. The maximum absolute atomic E-state index is 5.43. The Morgan fingerprint density at radius 1 is 1.21 bits per heavy atom. The fourth-order valence-corrected chi connectivity index (χ4v) is 3.69. The van der Waals surface area contributed by atoms with Gasteiger partial charge in [-0.15, -0.1) is 0 Å². The minimum absolute atomic E-state index is 0.467. The number of halogens is 1. The molecule has 2 aromatic rings. The highest BCUT2D eigenvalue weighted by Gasteiger charge is 2.21. The maximum Gasteiger partial charge on any atom is 0.191 e. The molecule has 0 aliphatic carbocycles. The number of likely N-dealkylation sites (tertiary alicyclic amines) is 1. The molecule has 0 radical (unpaired) electrons. The van der Waals surface area contributed by atoms with Crippen LogP contribution in [0.3, 0.4) is 0 Å². The normalized spacial score (nSPS) is 16.5. The van der Waals surface area contributed by atoms with E-state index in [2.05, 4.69) is 69.6 Å². The number of guanidine groups is 1. The summed E-state index contributed by atoms with van der Waals surface area (Å²) in [6, 6.07) is 13.4. The average molecular weight is 447 g/mol. The number of rotatable bonds is 7. The third-order valence-corrected chi connectivity index (χ3v) is 5.71. The third-order valence-electron chi connectivity index (χ3n) is 5.18. The number of hydrogen-bond donors (Lipinski definition) is 2. The molecule has 0 bridgehead atoms. The van der Waals surface area contributed by atoms with Crippen molar-refractivity contribution in [2.75, 3.05) is 19.6 Å². The molecule has 5 nitrogen and oxygen atoms in total. The summed E-state index contributed by atoms with van der Waals surface area (Å²) in [5.41, 5.74) is 1.20. The molecule has 0 unspecified atom stereocenters. The first-order valence-corrected chi connectivity index (χ1v) is 10.9. The lowest BCUT2D eigenvalue weighted by atomic mass is 10.0. The van der Waals surface area contributed by atoms with Gasteiger partial charge >= 0.3 is 0 Å². The number of nitrogens with zero attached hydrogens (tertiary/aromatic N) is 2. The van der Waals surface area contributed by atoms with Crippen LogP contribution in [0, 0.1) is 0 Å². The number of benzene rings is 1. The Morgan fingerprint density at radius 2 is 1.96 bits per heavy atom. The van der Waals surface area contributed by atoms with Crippen LogP contribution in [-0.4, -0.2) is 42.6 Å². The smallest absolute Gasteiger partial charge is 0.191 e. The van der Waals surface area contributed by atoms with Crippen molar-refractivity contribution in [3.8, 4) is 0 Å². The predicted molar refractivity (Wildman–Crippen MR) is 119 cm³/mol. The van der Waals surface area contributed by atoms with Crippen molar-refractivity contribution in [2.24, 2.45) is 4.99 Å². The topological polar surface area (TPSA) is 52.8 Å². The van der Waals surface area contributed by atoms with E-state index in [0.29, 0.717) is 18.6 Å². The standard InChI is InChI=1S/C22H31BrN4O/c1-17(2)27-13-10-20(11-14-27)26-22(24-12-9-21-4-3-15-28-21)25-16-18-5-7-19(23)8-6-18/h3-8,15,17,20H,9-14,16H2,1-2H3,(H2,24,25,26). The summed E-state index contributed by atoms with van der Waals surface area (Å²) in [6.07, 6.45) is 4.86. The van der Waals surface area contributed by atoms with Crippen LogP contribution in [0.2, 0.25) is 0 Å². The lowest BCUT2D eigenvalue weighted by molar-refractivity contribution is 0.167. The second-order valence-corrected chi connectivity index (χ2v) is 8.51. The molecular formula is C22H31BrN4O. The Bertz CT molecular complexity index is 720. The zero-order valence-electron chi connectivity index (χ0n) is 16.8. The molecular weight excluding hydrogens is 416 g/mol. The molecule has 1 aliphatic heterocycles. The van der Waals surface area contributed by atoms with Crippen molar-refractivity contribution >= 4 is 21.9 Å². The van der Waals surface area contributed by atoms with Crippen LogP contribution in [0.1, 0.15) is 38.0 Å². The van der Waals surface area contributed by atoms with E-state index in [1.54, 1.807) is 6.26 Å². The summed E-state index contributed by atoms with van der Waals surface area (Å²) < 4.78 is 6.52. The van der Waals surface area contributed by atoms with Crippen molar-refractivity contribution in [1.29, 1.82) is 0 Å². The van der Waals surface area contributed by atoms with E-state index in [4.69, 9.17) is 9.41 Å². The number of hydrogen-bond acceptors (Lipinski definition) is 3. The van der Waals surface area contributed by atoms with Gasteiger partial charge in [0.1, 0.15) is 5.76 Å². The van der Waals surface area contributed by atoms with Crippen molar-refractivity contribution < 1.29 is 4.42 Å². The van der Waals surface area contributed by atoms with Crippen LogP contribution in [0.25, 0.3) is 0 Å². The monoisotopic (exact) mass is 446 g/mol. The molecule has 1 saturated heterocycles. The second kappa shape index (κ2) is 10.7. The lowest BCUT2D eigenvalue weighted by Crippen LogP contribution is -2.50. The van der Waals surface area contributed by atoms with E-state index < -0.39 is 0 Å². The van der Waals surface area contributed by atoms with Crippen LogP contribution >= 0.6 is 15.9 Å². The van der Waals surface area contributed by atoms with E-state index in [9.17, 15) is 0 Å². The van der Waals surface area contributed by atoms with E-state index in [0.717, 1.165) is 55.1 Å². The molecule has 1 aromatic heterocycles. The Kier molecular flexibility index (Phi) is 7.98. The van der Waals surface area contributed by atoms with Gasteiger partial charge in [0.05, 0.1) is 12.8 Å². The minimum Gasteiger partial charge on any atom is -0.469 e. The van der Waals surface area contributed by atoms with Crippen LogP contribution < -0.4 is 10.6 Å². The van der Waals surface area contributed by atoms with Gasteiger partial charge in [-0.1, -0.05) is 28.1 Å². The van der Waals surface area contributed by atoms with Crippen molar-refractivity contribution in [2.45, 2.75) is 51.7 Å². The molecule has 3 rings (SSSR count). The molecule has 2 heterocycles. The largest absolute Gasteiger partial charge is 0.469 e.